The number of hydrogen-bond donors (Lipinski definition) is 1. The van der Waals surface area contributed by atoms with Crippen LogP contribution in [0.1, 0.15) is 16.3 Å². The molecule has 3 heterocycles. The first-order valence-electron chi connectivity index (χ1n) is 6.78. The number of hydrogen-bond acceptors (Lipinski definition) is 5. The minimum Gasteiger partial charge on any atom is -0.383 e. The van der Waals surface area contributed by atoms with Gasteiger partial charge in [0.15, 0.2) is 5.82 Å². The number of nitrogens with two attached hydrogens (primary N) is 1. The van der Waals surface area contributed by atoms with E-state index in [1.807, 2.05) is 13.0 Å². The molecule has 8 nitrogen and oxygen atoms in total. The highest BCUT2D eigenvalue weighted by Gasteiger charge is 2.12. The summed E-state index contributed by atoms with van der Waals surface area (Å²) in [4.78, 5) is 20.0. The fraction of sp³-hybridized carbons (Fsp3) is 0.286. The number of rotatable bonds is 5. The highest BCUT2D eigenvalue weighted by molar-refractivity contribution is 5.91. The van der Waals surface area contributed by atoms with Crippen molar-refractivity contribution in [3.05, 3.63) is 36.0 Å². The topological polar surface area (TPSA) is 100 Å². The molecule has 114 valence electrons. The number of imidazole rings is 1. The lowest BCUT2D eigenvalue weighted by atomic mass is 10.2. The number of amides is 1. The van der Waals surface area contributed by atoms with Crippen LogP contribution in [0.4, 0.5) is 0 Å². The van der Waals surface area contributed by atoms with E-state index in [1.165, 1.54) is 6.20 Å². The molecule has 22 heavy (non-hydrogen) atoms. The second-order valence-corrected chi connectivity index (χ2v) is 4.85. The fourth-order valence-electron chi connectivity index (χ4n) is 2.23. The van der Waals surface area contributed by atoms with Gasteiger partial charge in [0, 0.05) is 18.9 Å². The van der Waals surface area contributed by atoms with Crippen LogP contribution in [-0.4, -0.2) is 43.8 Å². The summed E-state index contributed by atoms with van der Waals surface area (Å²) < 4.78 is 8.48. The van der Waals surface area contributed by atoms with Gasteiger partial charge in [0.1, 0.15) is 17.2 Å². The number of aryl methyl sites for hydroxylation is 1. The summed E-state index contributed by atoms with van der Waals surface area (Å²) in [7, 11) is 1.64. The van der Waals surface area contributed by atoms with Gasteiger partial charge < -0.3 is 10.5 Å². The molecule has 0 bridgehead atoms. The van der Waals surface area contributed by atoms with Crippen LogP contribution in [0.2, 0.25) is 0 Å². The van der Waals surface area contributed by atoms with Crippen LogP contribution in [0.5, 0.6) is 0 Å². The number of fused-ring (bicyclic) bond motifs is 1. The smallest absolute Gasteiger partial charge is 0.267 e. The molecule has 0 radical (unpaired) electrons. The highest BCUT2D eigenvalue weighted by Crippen LogP contribution is 2.18. The lowest BCUT2D eigenvalue weighted by Gasteiger charge is -2.01. The van der Waals surface area contributed by atoms with Gasteiger partial charge in [-0.3, -0.25) is 9.20 Å². The summed E-state index contributed by atoms with van der Waals surface area (Å²) in [6.07, 6.45) is 3.22. The van der Waals surface area contributed by atoms with Crippen molar-refractivity contribution in [2.45, 2.75) is 13.5 Å². The van der Waals surface area contributed by atoms with E-state index in [0.29, 0.717) is 30.3 Å². The molecule has 0 fully saturated rings. The summed E-state index contributed by atoms with van der Waals surface area (Å²) in [6.45, 7) is 3.09. The molecular weight excluding hydrogens is 284 g/mol. The van der Waals surface area contributed by atoms with Crippen LogP contribution in [0.3, 0.4) is 0 Å². The van der Waals surface area contributed by atoms with Crippen LogP contribution in [0, 0.1) is 6.92 Å². The van der Waals surface area contributed by atoms with Gasteiger partial charge in [0.25, 0.3) is 5.91 Å². The number of carbonyl (C=O) groups is 1. The standard InChI is InChI=1S/C14H16N6O2/c1-9-17-14(18-20(9)5-6-22-2)10-3-4-12-16-7-11(13(15)21)19(12)8-10/h3-4,7-8H,5-6H2,1-2H3,(H2,15,21). The third kappa shape index (κ3) is 2.44. The Balaban J connectivity index is 2.02. The summed E-state index contributed by atoms with van der Waals surface area (Å²) >= 11 is 0. The predicted octanol–water partition coefficient (Wildman–Crippen LogP) is 0.647. The van der Waals surface area contributed by atoms with Crippen LogP contribution in [-0.2, 0) is 11.3 Å². The molecule has 3 aromatic heterocycles. The molecule has 3 aromatic rings. The molecule has 2 N–H and O–H groups in total. The van der Waals surface area contributed by atoms with E-state index in [0.717, 1.165) is 11.4 Å². The van der Waals surface area contributed by atoms with Crippen molar-refractivity contribution in [1.29, 1.82) is 0 Å². The van der Waals surface area contributed by atoms with Gasteiger partial charge in [0.2, 0.25) is 0 Å². The predicted molar refractivity (Wildman–Crippen MR) is 79.3 cm³/mol. The molecule has 8 heteroatoms. The largest absolute Gasteiger partial charge is 0.383 e. The van der Waals surface area contributed by atoms with Crippen molar-refractivity contribution in [2.24, 2.45) is 5.73 Å². The SMILES string of the molecule is COCCn1nc(-c2ccc3ncc(C(N)=O)n3c2)nc1C. The molecule has 0 spiro atoms. The summed E-state index contributed by atoms with van der Waals surface area (Å²) in [5.41, 5.74) is 7.10. The lowest BCUT2D eigenvalue weighted by molar-refractivity contribution is 0.0995. The normalized spacial score (nSPS) is 11.2. The molecule has 0 aliphatic rings. The number of carbonyl (C=O) groups excluding carboxylic acids is 1. The second-order valence-electron chi connectivity index (χ2n) is 4.85. The Morgan fingerprint density at radius 2 is 2.23 bits per heavy atom. The van der Waals surface area contributed by atoms with Crippen molar-refractivity contribution in [3.63, 3.8) is 0 Å². The van der Waals surface area contributed by atoms with Crippen molar-refractivity contribution < 1.29 is 9.53 Å². The Labute approximate surface area is 126 Å². The third-order valence-corrected chi connectivity index (χ3v) is 3.38. The molecule has 0 atom stereocenters. The number of pyridine rings is 1. The van der Waals surface area contributed by atoms with Crippen LogP contribution >= 0.6 is 0 Å². The van der Waals surface area contributed by atoms with Gasteiger partial charge in [0.05, 0.1) is 19.3 Å². The molecule has 0 aliphatic carbocycles. The zero-order valence-corrected chi connectivity index (χ0v) is 12.4. The minimum absolute atomic E-state index is 0.326. The van der Waals surface area contributed by atoms with Gasteiger partial charge in [-0.1, -0.05) is 0 Å². The average Bonchev–Trinajstić information content (AvgIpc) is 3.08. The maximum Gasteiger partial charge on any atom is 0.267 e. The molecule has 0 aliphatic heterocycles. The van der Waals surface area contributed by atoms with E-state index < -0.39 is 5.91 Å². The maximum absolute atomic E-state index is 11.4. The van der Waals surface area contributed by atoms with Gasteiger partial charge in [-0.15, -0.1) is 0 Å². The van der Waals surface area contributed by atoms with Gasteiger partial charge in [-0.05, 0) is 19.1 Å². The molecule has 3 rings (SSSR count). The van der Waals surface area contributed by atoms with Crippen molar-refractivity contribution in [3.8, 4) is 11.4 Å². The van der Waals surface area contributed by atoms with Crippen LogP contribution < -0.4 is 5.73 Å². The first-order chi connectivity index (χ1) is 10.6. The number of ether oxygens (including phenoxy) is 1. The van der Waals surface area contributed by atoms with E-state index in [2.05, 4.69) is 15.1 Å². The van der Waals surface area contributed by atoms with Crippen molar-refractivity contribution in [1.82, 2.24) is 24.1 Å². The van der Waals surface area contributed by atoms with Crippen molar-refractivity contribution in [2.75, 3.05) is 13.7 Å². The monoisotopic (exact) mass is 300 g/mol. The Hall–Kier alpha value is -2.74. The van der Waals surface area contributed by atoms with Gasteiger partial charge >= 0.3 is 0 Å². The van der Waals surface area contributed by atoms with Crippen LogP contribution in [0.15, 0.2) is 24.5 Å². The molecule has 1 amide bonds. The Bertz CT molecular complexity index is 835. The van der Waals surface area contributed by atoms with Gasteiger partial charge in [-0.2, -0.15) is 5.10 Å². The Morgan fingerprint density at radius 1 is 1.41 bits per heavy atom. The lowest BCUT2D eigenvalue weighted by Crippen LogP contribution is -2.13. The summed E-state index contributed by atoms with van der Waals surface area (Å²) in [5.74, 6) is 0.854. The zero-order valence-electron chi connectivity index (χ0n) is 12.4. The van der Waals surface area contributed by atoms with E-state index in [1.54, 1.807) is 28.5 Å². The van der Waals surface area contributed by atoms with Crippen LogP contribution in [0.25, 0.3) is 17.0 Å². The van der Waals surface area contributed by atoms with Gasteiger partial charge in [-0.25, -0.2) is 14.6 Å². The van der Waals surface area contributed by atoms with E-state index in [-0.39, 0.29) is 0 Å². The highest BCUT2D eigenvalue weighted by atomic mass is 16.5. The van der Waals surface area contributed by atoms with E-state index in [4.69, 9.17) is 10.5 Å². The molecule has 0 saturated carbocycles. The minimum atomic E-state index is -0.528. The van der Waals surface area contributed by atoms with E-state index >= 15 is 0 Å². The van der Waals surface area contributed by atoms with E-state index in [9.17, 15) is 4.79 Å². The summed E-state index contributed by atoms with van der Waals surface area (Å²) in [6, 6.07) is 3.66. The molecule has 0 aromatic carbocycles. The molecule has 0 saturated heterocycles. The molecule has 0 unspecified atom stereocenters. The van der Waals surface area contributed by atoms with Crippen molar-refractivity contribution >= 4 is 11.6 Å². The average molecular weight is 300 g/mol. The Morgan fingerprint density at radius 3 is 2.95 bits per heavy atom. The number of aromatic nitrogens is 5. The Kier molecular flexibility index (Phi) is 3.60. The number of primary amides is 1. The quantitative estimate of drug-likeness (QED) is 0.745. The maximum atomic E-state index is 11.4. The molecular formula is C14H16N6O2. The summed E-state index contributed by atoms with van der Waals surface area (Å²) in [5, 5.41) is 4.46. The second kappa shape index (κ2) is 5.57. The zero-order chi connectivity index (χ0) is 15.7. The number of nitrogens with zero attached hydrogens (tertiary/aromatic N) is 5. The fourth-order valence-corrected chi connectivity index (χ4v) is 2.23. The first-order valence-corrected chi connectivity index (χ1v) is 6.78. The number of methoxy groups -OCH3 is 1. The first kappa shape index (κ1) is 14.2. The third-order valence-electron chi connectivity index (χ3n) is 3.38.